The van der Waals surface area contributed by atoms with Crippen molar-refractivity contribution in [2.75, 3.05) is 0 Å². The van der Waals surface area contributed by atoms with Crippen molar-refractivity contribution in [1.29, 1.82) is 5.26 Å². The number of hydrogen-bond donors (Lipinski definition) is 1. The molecule has 0 saturated heterocycles. The van der Waals surface area contributed by atoms with E-state index in [9.17, 15) is 4.79 Å². The first-order valence-electron chi connectivity index (χ1n) is 7.98. The van der Waals surface area contributed by atoms with Crippen LogP contribution in [0.2, 0.25) is 0 Å². The fraction of sp³-hybridized carbons (Fsp3) is 0.0476. The molecule has 0 saturated carbocycles. The molecule has 2 N–H and O–H groups in total. The first kappa shape index (κ1) is 15.0. The normalized spacial score (nSPS) is 10.8. The molecule has 0 unspecified atom stereocenters. The minimum atomic E-state index is -0.424. The molecule has 0 atom stereocenters. The van der Waals surface area contributed by atoms with Crippen LogP contribution in [-0.4, -0.2) is 10.5 Å². The molecular weight excluding hydrogens is 310 g/mol. The molecule has 4 heteroatoms. The lowest BCUT2D eigenvalue weighted by Gasteiger charge is -2.08. The van der Waals surface area contributed by atoms with Crippen LogP contribution in [-0.2, 0) is 6.54 Å². The van der Waals surface area contributed by atoms with Crippen LogP contribution in [0.5, 0.6) is 0 Å². The number of benzene rings is 3. The number of hydrogen-bond acceptors (Lipinski definition) is 2. The Morgan fingerprint density at radius 1 is 0.960 bits per heavy atom. The summed E-state index contributed by atoms with van der Waals surface area (Å²) >= 11 is 0. The van der Waals surface area contributed by atoms with Crippen LogP contribution in [0.1, 0.15) is 21.5 Å². The number of carbonyl (C=O) groups is 1. The SMILES string of the molecule is N#Cc1ccc(Cn2c3ccccc3c3c(C(N)=O)cccc32)cc1. The van der Waals surface area contributed by atoms with E-state index in [0.29, 0.717) is 17.7 Å². The molecular formula is C21H15N3O. The number of fused-ring (bicyclic) bond motifs is 3. The number of nitrogens with zero attached hydrogens (tertiary/aromatic N) is 2. The lowest BCUT2D eigenvalue weighted by Crippen LogP contribution is -2.11. The first-order valence-corrected chi connectivity index (χ1v) is 7.98. The van der Waals surface area contributed by atoms with Crippen molar-refractivity contribution in [2.24, 2.45) is 5.73 Å². The monoisotopic (exact) mass is 325 g/mol. The van der Waals surface area contributed by atoms with Gasteiger partial charge in [-0.25, -0.2) is 0 Å². The van der Waals surface area contributed by atoms with E-state index in [1.165, 1.54) is 0 Å². The van der Waals surface area contributed by atoms with Gasteiger partial charge in [0, 0.05) is 28.4 Å². The van der Waals surface area contributed by atoms with Crippen LogP contribution in [0.3, 0.4) is 0 Å². The zero-order valence-electron chi connectivity index (χ0n) is 13.4. The van der Waals surface area contributed by atoms with E-state index in [1.54, 1.807) is 6.07 Å². The number of para-hydroxylation sites is 1. The largest absolute Gasteiger partial charge is 0.366 e. The number of primary amides is 1. The van der Waals surface area contributed by atoms with E-state index in [1.807, 2.05) is 60.7 Å². The van der Waals surface area contributed by atoms with Crippen LogP contribution >= 0.6 is 0 Å². The molecule has 120 valence electrons. The van der Waals surface area contributed by atoms with E-state index in [0.717, 1.165) is 27.4 Å². The van der Waals surface area contributed by atoms with Gasteiger partial charge in [0.2, 0.25) is 5.91 Å². The average Bonchev–Trinajstić information content (AvgIpc) is 2.96. The highest BCUT2D eigenvalue weighted by molar-refractivity contribution is 6.17. The Kier molecular flexibility index (Phi) is 3.48. The fourth-order valence-corrected chi connectivity index (χ4v) is 3.34. The van der Waals surface area contributed by atoms with Gasteiger partial charge in [-0.2, -0.15) is 5.26 Å². The predicted molar refractivity (Wildman–Crippen MR) is 98.2 cm³/mol. The molecule has 0 aliphatic heterocycles. The molecule has 0 fully saturated rings. The molecule has 25 heavy (non-hydrogen) atoms. The number of carbonyl (C=O) groups excluding carboxylic acids is 1. The van der Waals surface area contributed by atoms with Crippen molar-refractivity contribution in [1.82, 2.24) is 4.57 Å². The summed E-state index contributed by atoms with van der Waals surface area (Å²) in [5.41, 5.74) is 9.88. The number of nitrogens with two attached hydrogens (primary N) is 1. The Balaban J connectivity index is 1.97. The van der Waals surface area contributed by atoms with E-state index >= 15 is 0 Å². The molecule has 3 aromatic carbocycles. The van der Waals surface area contributed by atoms with Crippen molar-refractivity contribution in [3.8, 4) is 6.07 Å². The van der Waals surface area contributed by atoms with Crippen molar-refractivity contribution >= 4 is 27.7 Å². The van der Waals surface area contributed by atoms with Gasteiger partial charge < -0.3 is 10.3 Å². The zero-order valence-corrected chi connectivity index (χ0v) is 13.4. The van der Waals surface area contributed by atoms with Gasteiger partial charge in [-0.1, -0.05) is 36.4 Å². The summed E-state index contributed by atoms with van der Waals surface area (Å²) < 4.78 is 2.18. The summed E-state index contributed by atoms with van der Waals surface area (Å²) in [5, 5.41) is 10.9. The summed E-state index contributed by atoms with van der Waals surface area (Å²) in [6.07, 6.45) is 0. The second kappa shape index (κ2) is 5.81. The van der Waals surface area contributed by atoms with Crippen LogP contribution in [0.4, 0.5) is 0 Å². The molecule has 4 nitrogen and oxygen atoms in total. The minimum absolute atomic E-state index is 0.424. The standard InChI is InChI=1S/C21H15N3O/c22-12-14-8-10-15(11-9-14)13-24-18-6-2-1-4-16(18)20-17(21(23)25)5-3-7-19(20)24/h1-11H,13H2,(H2,23,25). The van der Waals surface area contributed by atoms with Crippen molar-refractivity contribution in [2.45, 2.75) is 6.54 Å². The van der Waals surface area contributed by atoms with Gasteiger partial charge in [0.1, 0.15) is 0 Å². The Morgan fingerprint density at radius 3 is 2.40 bits per heavy atom. The third-order valence-electron chi connectivity index (χ3n) is 4.49. The van der Waals surface area contributed by atoms with Crippen molar-refractivity contribution < 1.29 is 4.79 Å². The van der Waals surface area contributed by atoms with Gasteiger partial charge in [0.25, 0.3) is 0 Å². The quantitative estimate of drug-likeness (QED) is 0.622. The second-order valence-corrected chi connectivity index (χ2v) is 5.98. The fourth-order valence-electron chi connectivity index (χ4n) is 3.34. The summed E-state index contributed by atoms with van der Waals surface area (Å²) in [6.45, 7) is 0.651. The van der Waals surface area contributed by atoms with Gasteiger partial charge in [-0.05, 0) is 35.9 Å². The molecule has 0 radical (unpaired) electrons. The number of nitriles is 1. The van der Waals surface area contributed by atoms with Crippen LogP contribution in [0.15, 0.2) is 66.7 Å². The first-order chi connectivity index (χ1) is 12.2. The van der Waals surface area contributed by atoms with E-state index < -0.39 is 5.91 Å². The molecule has 1 heterocycles. The summed E-state index contributed by atoms with van der Waals surface area (Å²) in [6, 6.07) is 23.3. The molecule has 0 aliphatic carbocycles. The number of rotatable bonds is 3. The highest BCUT2D eigenvalue weighted by Crippen LogP contribution is 2.32. The Bertz CT molecular complexity index is 1150. The van der Waals surface area contributed by atoms with Crippen molar-refractivity contribution in [3.63, 3.8) is 0 Å². The molecule has 0 spiro atoms. The Labute approximate surface area is 144 Å². The van der Waals surface area contributed by atoms with Gasteiger partial charge in [0.05, 0.1) is 17.1 Å². The molecule has 4 aromatic rings. The number of aromatic nitrogens is 1. The third-order valence-corrected chi connectivity index (χ3v) is 4.49. The molecule has 0 bridgehead atoms. The van der Waals surface area contributed by atoms with Gasteiger partial charge in [0.15, 0.2) is 0 Å². The van der Waals surface area contributed by atoms with E-state index in [2.05, 4.69) is 10.6 Å². The highest BCUT2D eigenvalue weighted by Gasteiger charge is 2.16. The zero-order chi connectivity index (χ0) is 17.4. The van der Waals surface area contributed by atoms with Crippen LogP contribution in [0, 0.1) is 11.3 Å². The smallest absolute Gasteiger partial charge is 0.249 e. The van der Waals surface area contributed by atoms with Gasteiger partial charge >= 0.3 is 0 Å². The molecule has 0 aliphatic rings. The second-order valence-electron chi connectivity index (χ2n) is 5.98. The molecule has 1 aromatic heterocycles. The third kappa shape index (κ3) is 2.43. The summed E-state index contributed by atoms with van der Waals surface area (Å²) in [5.74, 6) is -0.424. The lowest BCUT2D eigenvalue weighted by molar-refractivity contribution is 0.100. The van der Waals surface area contributed by atoms with Crippen molar-refractivity contribution in [3.05, 3.63) is 83.4 Å². The lowest BCUT2D eigenvalue weighted by atomic mass is 10.1. The van der Waals surface area contributed by atoms with Gasteiger partial charge in [-0.15, -0.1) is 0 Å². The Hall–Kier alpha value is -3.58. The maximum absolute atomic E-state index is 11.9. The Morgan fingerprint density at radius 2 is 1.68 bits per heavy atom. The topological polar surface area (TPSA) is 71.8 Å². The average molecular weight is 325 g/mol. The van der Waals surface area contributed by atoms with Gasteiger partial charge in [-0.3, -0.25) is 4.79 Å². The molecule has 1 amide bonds. The van der Waals surface area contributed by atoms with Crippen LogP contribution < -0.4 is 5.73 Å². The van der Waals surface area contributed by atoms with Crippen LogP contribution in [0.25, 0.3) is 21.8 Å². The van der Waals surface area contributed by atoms with E-state index in [-0.39, 0.29) is 0 Å². The number of amides is 1. The highest BCUT2D eigenvalue weighted by atomic mass is 16.1. The maximum Gasteiger partial charge on any atom is 0.249 e. The summed E-state index contributed by atoms with van der Waals surface area (Å²) in [4.78, 5) is 11.9. The predicted octanol–water partition coefficient (Wildman–Crippen LogP) is 3.81. The van der Waals surface area contributed by atoms with E-state index in [4.69, 9.17) is 11.0 Å². The summed E-state index contributed by atoms with van der Waals surface area (Å²) in [7, 11) is 0. The molecule has 4 rings (SSSR count). The minimum Gasteiger partial charge on any atom is -0.366 e. The maximum atomic E-state index is 11.9.